The Morgan fingerprint density at radius 1 is 1.08 bits per heavy atom. The lowest BCUT2D eigenvalue weighted by Gasteiger charge is -2.07. The van der Waals surface area contributed by atoms with E-state index in [1.807, 2.05) is 0 Å². The number of hydrogen-bond acceptors (Lipinski definition) is 5. The van der Waals surface area contributed by atoms with Crippen LogP contribution in [-0.2, 0) is 0 Å². The predicted octanol–water partition coefficient (Wildman–Crippen LogP) is 2.97. The third-order valence-corrected chi connectivity index (χ3v) is 3.58. The molecule has 0 aliphatic carbocycles. The maximum absolute atomic E-state index is 12.4. The second-order valence-electron chi connectivity index (χ2n) is 4.83. The molecule has 3 rings (SSSR count). The van der Waals surface area contributed by atoms with Crippen molar-refractivity contribution < 1.29 is 18.5 Å². The van der Waals surface area contributed by atoms with E-state index in [0.29, 0.717) is 22.0 Å². The first-order valence-electron chi connectivity index (χ1n) is 6.93. The lowest BCUT2D eigenvalue weighted by atomic mass is 10.1. The molecule has 2 aromatic heterocycles. The van der Waals surface area contributed by atoms with E-state index in [-0.39, 0.29) is 11.3 Å². The highest BCUT2D eigenvalue weighted by atomic mass is 35.5. The van der Waals surface area contributed by atoms with Gasteiger partial charge in [-0.3, -0.25) is 20.4 Å². The van der Waals surface area contributed by atoms with Crippen molar-refractivity contribution >= 4 is 23.4 Å². The van der Waals surface area contributed by atoms with Crippen molar-refractivity contribution in [1.82, 2.24) is 16.0 Å². The van der Waals surface area contributed by atoms with Crippen molar-refractivity contribution in [2.75, 3.05) is 0 Å². The van der Waals surface area contributed by atoms with Crippen molar-refractivity contribution in [3.63, 3.8) is 0 Å². The molecule has 1 aromatic carbocycles. The minimum atomic E-state index is -0.582. The van der Waals surface area contributed by atoms with Gasteiger partial charge in [0.05, 0.1) is 11.3 Å². The summed E-state index contributed by atoms with van der Waals surface area (Å²) in [6.45, 7) is 1.59. The molecule has 24 heavy (non-hydrogen) atoms. The summed E-state index contributed by atoms with van der Waals surface area (Å²) >= 11 is 6.14. The highest BCUT2D eigenvalue weighted by molar-refractivity contribution is 6.33. The summed E-state index contributed by atoms with van der Waals surface area (Å²) in [4.78, 5) is 24.2. The predicted molar refractivity (Wildman–Crippen MR) is 85.3 cm³/mol. The number of nitrogens with one attached hydrogen (secondary N) is 2. The Balaban J connectivity index is 1.82. The van der Waals surface area contributed by atoms with Gasteiger partial charge in [0.2, 0.25) is 0 Å². The first kappa shape index (κ1) is 15.8. The smallest absolute Gasteiger partial charge is 0.305 e. The minimum absolute atomic E-state index is 0.0728. The fourth-order valence-electron chi connectivity index (χ4n) is 2.12. The number of rotatable bonds is 3. The monoisotopic (exact) mass is 345 g/mol. The molecule has 122 valence electrons. The molecule has 0 bridgehead atoms. The number of nitrogens with zero attached hydrogens (tertiary/aromatic N) is 1. The largest absolute Gasteiger partial charge is 0.459 e. The molecule has 7 nitrogen and oxygen atoms in total. The fraction of sp³-hybridized carbons (Fsp3) is 0.0625. The van der Waals surface area contributed by atoms with E-state index in [0.717, 1.165) is 0 Å². The molecule has 0 saturated heterocycles. The van der Waals surface area contributed by atoms with Crippen LogP contribution >= 0.6 is 11.6 Å². The molecule has 0 radical (unpaired) electrons. The van der Waals surface area contributed by atoms with Crippen LogP contribution < -0.4 is 10.9 Å². The minimum Gasteiger partial charge on any atom is -0.459 e. The van der Waals surface area contributed by atoms with Crippen LogP contribution in [0.4, 0.5) is 0 Å². The summed E-state index contributed by atoms with van der Waals surface area (Å²) in [5.74, 6) is -0.788. The molecule has 2 heterocycles. The van der Waals surface area contributed by atoms with Gasteiger partial charge in [-0.2, -0.15) is 0 Å². The Morgan fingerprint density at radius 3 is 2.54 bits per heavy atom. The van der Waals surface area contributed by atoms with Gasteiger partial charge in [-0.15, -0.1) is 0 Å². The number of hydrazine groups is 1. The number of hydrogen-bond donors (Lipinski definition) is 2. The molecule has 3 aromatic rings. The van der Waals surface area contributed by atoms with Gasteiger partial charge in [0.1, 0.15) is 17.0 Å². The van der Waals surface area contributed by atoms with Crippen LogP contribution in [0.2, 0.25) is 5.02 Å². The Morgan fingerprint density at radius 2 is 1.83 bits per heavy atom. The molecule has 0 fully saturated rings. The summed E-state index contributed by atoms with van der Waals surface area (Å²) in [7, 11) is 0. The SMILES string of the molecule is Cc1onc(-c2ccccc2Cl)c1C(=O)NNC(=O)c1ccco1. The van der Waals surface area contributed by atoms with Crippen LogP contribution in [-0.4, -0.2) is 17.0 Å². The zero-order chi connectivity index (χ0) is 17.1. The van der Waals surface area contributed by atoms with Crippen molar-refractivity contribution in [2.24, 2.45) is 0 Å². The molecule has 2 N–H and O–H groups in total. The van der Waals surface area contributed by atoms with Gasteiger partial charge in [-0.05, 0) is 25.1 Å². The van der Waals surface area contributed by atoms with E-state index >= 15 is 0 Å². The van der Waals surface area contributed by atoms with Gasteiger partial charge < -0.3 is 8.94 Å². The van der Waals surface area contributed by atoms with Crippen LogP contribution in [0.3, 0.4) is 0 Å². The Bertz CT molecular complexity index is 887. The molecule has 8 heteroatoms. The van der Waals surface area contributed by atoms with Gasteiger partial charge >= 0.3 is 5.91 Å². The number of furan rings is 1. The van der Waals surface area contributed by atoms with Gasteiger partial charge in [-0.25, -0.2) is 0 Å². The second kappa shape index (κ2) is 6.59. The molecular weight excluding hydrogens is 334 g/mol. The van der Waals surface area contributed by atoms with E-state index in [9.17, 15) is 9.59 Å². The summed E-state index contributed by atoms with van der Waals surface area (Å²) < 4.78 is 10.0. The Labute approximate surface area is 141 Å². The summed E-state index contributed by atoms with van der Waals surface area (Å²) in [6.07, 6.45) is 1.36. The van der Waals surface area contributed by atoms with E-state index in [4.69, 9.17) is 20.5 Å². The lowest BCUT2D eigenvalue weighted by molar-refractivity contribution is 0.0830. The zero-order valence-electron chi connectivity index (χ0n) is 12.5. The summed E-state index contributed by atoms with van der Waals surface area (Å²) in [5, 5.41) is 4.32. The van der Waals surface area contributed by atoms with Crippen molar-refractivity contribution in [2.45, 2.75) is 6.92 Å². The second-order valence-corrected chi connectivity index (χ2v) is 5.23. The molecule has 0 atom stereocenters. The van der Waals surface area contributed by atoms with Crippen LogP contribution in [0.1, 0.15) is 26.7 Å². The normalized spacial score (nSPS) is 10.4. The van der Waals surface area contributed by atoms with E-state index in [1.54, 1.807) is 37.3 Å². The fourth-order valence-corrected chi connectivity index (χ4v) is 2.35. The number of carbonyl (C=O) groups is 2. The third-order valence-electron chi connectivity index (χ3n) is 3.25. The number of aromatic nitrogens is 1. The molecule has 2 amide bonds. The number of halogens is 1. The number of benzene rings is 1. The maximum Gasteiger partial charge on any atom is 0.305 e. The van der Waals surface area contributed by atoms with Crippen molar-refractivity contribution in [3.8, 4) is 11.3 Å². The van der Waals surface area contributed by atoms with Crippen LogP contribution in [0.5, 0.6) is 0 Å². The topological polar surface area (TPSA) is 97.4 Å². The van der Waals surface area contributed by atoms with Crippen LogP contribution in [0.25, 0.3) is 11.3 Å². The number of amides is 2. The lowest BCUT2D eigenvalue weighted by Crippen LogP contribution is -2.41. The van der Waals surface area contributed by atoms with Gasteiger partial charge in [0, 0.05) is 5.56 Å². The van der Waals surface area contributed by atoms with Crippen LogP contribution in [0.15, 0.2) is 51.6 Å². The molecular formula is C16H12ClN3O4. The van der Waals surface area contributed by atoms with Crippen LogP contribution in [0, 0.1) is 6.92 Å². The Kier molecular flexibility index (Phi) is 4.35. The van der Waals surface area contributed by atoms with E-state index in [1.165, 1.54) is 12.3 Å². The first-order valence-corrected chi connectivity index (χ1v) is 7.31. The Hall–Kier alpha value is -3.06. The average Bonchev–Trinajstić information content (AvgIpc) is 3.22. The van der Waals surface area contributed by atoms with Gasteiger partial charge in [0.25, 0.3) is 5.91 Å². The highest BCUT2D eigenvalue weighted by Gasteiger charge is 2.23. The third kappa shape index (κ3) is 3.02. The van der Waals surface area contributed by atoms with Crippen molar-refractivity contribution in [1.29, 1.82) is 0 Å². The quantitative estimate of drug-likeness (QED) is 0.711. The summed E-state index contributed by atoms with van der Waals surface area (Å²) in [5.41, 5.74) is 5.59. The zero-order valence-corrected chi connectivity index (χ0v) is 13.3. The molecule has 0 spiro atoms. The highest BCUT2D eigenvalue weighted by Crippen LogP contribution is 2.30. The molecule has 0 saturated carbocycles. The van der Waals surface area contributed by atoms with E-state index < -0.39 is 11.8 Å². The number of carbonyl (C=O) groups excluding carboxylic acids is 2. The van der Waals surface area contributed by atoms with Gasteiger partial charge in [-0.1, -0.05) is 35.0 Å². The average molecular weight is 346 g/mol. The standard InChI is InChI=1S/C16H12ClN3O4/c1-9-13(14(20-24-9)10-5-2-3-6-11(10)17)16(22)19-18-15(21)12-7-4-8-23-12/h2-8H,1H3,(H,18,21)(H,19,22). The van der Waals surface area contributed by atoms with Gasteiger partial charge in [0.15, 0.2) is 5.76 Å². The summed E-state index contributed by atoms with van der Waals surface area (Å²) in [6, 6.07) is 9.98. The number of aryl methyl sites for hydroxylation is 1. The molecule has 0 unspecified atom stereocenters. The maximum atomic E-state index is 12.4. The molecule has 0 aliphatic heterocycles. The van der Waals surface area contributed by atoms with E-state index in [2.05, 4.69) is 16.0 Å². The van der Waals surface area contributed by atoms with Crippen molar-refractivity contribution in [3.05, 3.63) is 64.8 Å². The first-order chi connectivity index (χ1) is 11.6. The molecule has 0 aliphatic rings.